The number of H-pyrrole nitrogens is 1. The lowest BCUT2D eigenvalue weighted by atomic mass is 10.1. The third-order valence-corrected chi connectivity index (χ3v) is 4.42. The normalized spacial score (nSPS) is 10.7. The van der Waals surface area contributed by atoms with E-state index in [0.717, 1.165) is 0 Å². The number of fused-ring (bicyclic) bond motifs is 1. The highest BCUT2D eigenvalue weighted by Gasteiger charge is 2.16. The first kappa shape index (κ1) is 17.5. The molecule has 0 aliphatic rings. The zero-order chi connectivity index (χ0) is 18.0. The Bertz CT molecular complexity index is 1020. The number of pyridine rings is 1. The van der Waals surface area contributed by atoms with Crippen LogP contribution in [-0.4, -0.2) is 17.6 Å². The number of halogens is 2. The van der Waals surface area contributed by atoms with E-state index in [2.05, 4.69) is 20.9 Å². The second-order valence-electron chi connectivity index (χ2n) is 5.11. The van der Waals surface area contributed by atoms with Crippen molar-refractivity contribution in [3.63, 3.8) is 0 Å². The molecule has 0 bridgehead atoms. The number of esters is 1. The lowest BCUT2D eigenvalue weighted by Gasteiger charge is -2.11. The number of benzene rings is 2. The first-order chi connectivity index (χ1) is 12.0. The summed E-state index contributed by atoms with van der Waals surface area (Å²) in [6.45, 7) is 1.87. The second-order valence-corrected chi connectivity index (χ2v) is 6.37. The van der Waals surface area contributed by atoms with E-state index >= 15 is 0 Å². The Morgan fingerprint density at radius 3 is 2.72 bits per heavy atom. The number of nitrogens with one attached hydrogen (secondary N) is 1. The molecule has 3 rings (SSSR count). The van der Waals surface area contributed by atoms with Crippen molar-refractivity contribution in [1.29, 1.82) is 0 Å². The number of hydrogen-bond acceptors (Lipinski definition) is 4. The van der Waals surface area contributed by atoms with Gasteiger partial charge in [0, 0.05) is 6.20 Å². The smallest absolute Gasteiger partial charge is 0.343 e. The number of carbonyl (C=O) groups excluding carboxylic acids is 1. The fourth-order valence-electron chi connectivity index (χ4n) is 2.31. The maximum Gasteiger partial charge on any atom is 0.343 e. The van der Waals surface area contributed by atoms with Crippen molar-refractivity contribution < 1.29 is 14.3 Å². The molecule has 0 aliphatic heterocycles. The van der Waals surface area contributed by atoms with Crippen LogP contribution >= 0.6 is 27.5 Å². The van der Waals surface area contributed by atoms with Crippen LogP contribution < -0.4 is 10.2 Å². The van der Waals surface area contributed by atoms with Crippen LogP contribution in [0.5, 0.6) is 11.5 Å². The lowest BCUT2D eigenvalue weighted by Crippen LogP contribution is -2.18. The molecule has 0 saturated carbocycles. The highest BCUT2D eigenvalue weighted by molar-refractivity contribution is 9.10. The van der Waals surface area contributed by atoms with Gasteiger partial charge < -0.3 is 14.5 Å². The van der Waals surface area contributed by atoms with E-state index in [9.17, 15) is 9.59 Å². The Hall–Kier alpha value is -2.31. The van der Waals surface area contributed by atoms with Gasteiger partial charge in [0.25, 0.3) is 0 Å². The van der Waals surface area contributed by atoms with Crippen LogP contribution in [0.15, 0.2) is 51.9 Å². The molecule has 0 saturated heterocycles. The molecule has 0 spiro atoms. The van der Waals surface area contributed by atoms with Crippen molar-refractivity contribution in [3.8, 4) is 11.5 Å². The highest BCUT2D eigenvalue weighted by atomic mass is 79.9. The molecule has 1 heterocycles. The van der Waals surface area contributed by atoms with Crippen molar-refractivity contribution in [1.82, 2.24) is 4.98 Å². The van der Waals surface area contributed by atoms with Gasteiger partial charge in [-0.05, 0) is 47.1 Å². The highest BCUT2D eigenvalue weighted by Crippen LogP contribution is 2.35. The van der Waals surface area contributed by atoms with Gasteiger partial charge in [-0.1, -0.05) is 23.7 Å². The minimum atomic E-state index is -0.665. The zero-order valence-corrected chi connectivity index (χ0v) is 15.5. The summed E-state index contributed by atoms with van der Waals surface area (Å²) in [7, 11) is 0. The molecular formula is C18H13BrClNO4. The molecule has 0 unspecified atom stereocenters. The average Bonchev–Trinajstić information content (AvgIpc) is 2.58. The van der Waals surface area contributed by atoms with Gasteiger partial charge in [0.15, 0.2) is 0 Å². The van der Waals surface area contributed by atoms with Crippen LogP contribution in [0.4, 0.5) is 0 Å². The van der Waals surface area contributed by atoms with Crippen molar-refractivity contribution in [2.75, 3.05) is 6.61 Å². The van der Waals surface area contributed by atoms with Crippen LogP contribution in [-0.2, 0) is 4.74 Å². The van der Waals surface area contributed by atoms with E-state index in [1.54, 1.807) is 43.3 Å². The van der Waals surface area contributed by atoms with E-state index in [1.165, 1.54) is 6.20 Å². The predicted octanol–water partition coefficient (Wildman–Crippen LogP) is 4.91. The largest absolute Gasteiger partial charge is 0.462 e. The predicted molar refractivity (Wildman–Crippen MR) is 99.8 cm³/mol. The Morgan fingerprint density at radius 1 is 1.24 bits per heavy atom. The number of para-hydroxylation sites is 1. The molecule has 0 fully saturated rings. The van der Waals surface area contributed by atoms with Gasteiger partial charge in [-0.2, -0.15) is 0 Å². The Kier molecular flexibility index (Phi) is 5.11. The van der Waals surface area contributed by atoms with Gasteiger partial charge in [0.1, 0.15) is 17.1 Å². The van der Waals surface area contributed by atoms with E-state index in [-0.39, 0.29) is 12.2 Å². The monoisotopic (exact) mass is 421 g/mol. The molecule has 0 radical (unpaired) electrons. The summed E-state index contributed by atoms with van der Waals surface area (Å²) in [5.41, 5.74) is 0.0838. The van der Waals surface area contributed by atoms with Gasteiger partial charge in [0.2, 0.25) is 5.43 Å². The van der Waals surface area contributed by atoms with Crippen LogP contribution in [0.2, 0.25) is 5.02 Å². The molecule has 0 amide bonds. The molecule has 5 nitrogen and oxygen atoms in total. The van der Waals surface area contributed by atoms with Crippen LogP contribution in [0.25, 0.3) is 10.9 Å². The maximum absolute atomic E-state index is 12.6. The summed E-state index contributed by atoms with van der Waals surface area (Å²) in [5, 5.41) is 0.763. The maximum atomic E-state index is 12.6. The van der Waals surface area contributed by atoms with Crippen molar-refractivity contribution in [3.05, 3.63) is 67.9 Å². The van der Waals surface area contributed by atoms with Crippen LogP contribution in [0.1, 0.15) is 17.3 Å². The minimum absolute atomic E-state index is 0.0552. The molecule has 0 atom stereocenters. The number of carbonyl (C=O) groups is 1. The standard InChI is InChI=1S/C18H13BrClNO4/c1-2-24-18(23)11-9-21-14-8-12(19)16(7-10(14)17(11)22)25-15-6-4-3-5-13(15)20/h3-9H,2H2,1H3,(H,21,22). The third kappa shape index (κ3) is 3.55. The third-order valence-electron chi connectivity index (χ3n) is 3.49. The fourth-order valence-corrected chi connectivity index (χ4v) is 2.90. The summed E-state index contributed by atoms with van der Waals surface area (Å²) < 4.78 is 11.3. The Labute approximate surface area is 156 Å². The number of aromatic amines is 1. The molecule has 3 aromatic rings. The molecule has 128 valence electrons. The first-order valence-electron chi connectivity index (χ1n) is 7.45. The van der Waals surface area contributed by atoms with E-state index in [0.29, 0.717) is 31.9 Å². The Balaban J connectivity index is 2.10. The molecule has 2 aromatic carbocycles. The summed E-state index contributed by atoms with van der Waals surface area (Å²) in [5.74, 6) is 0.205. The molecule has 1 N–H and O–H groups in total. The average molecular weight is 423 g/mol. The number of rotatable bonds is 4. The van der Waals surface area contributed by atoms with Gasteiger partial charge >= 0.3 is 5.97 Å². The Morgan fingerprint density at radius 2 is 2.00 bits per heavy atom. The van der Waals surface area contributed by atoms with Crippen LogP contribution in [0, 0.1) is 0 Å². The zero-order valence-electron chi connectivity index (χ0n) is 13.1. The van der Waals surface area contributed by atoms with Crippen molar-refractivity contribution in [2.45, 2.75) is 6.92 Å². The van der Waals surface area contributed by atoms with Crippen LogP contribution in [0.3, 0.4) is 0 Å². The minimum Gasteiger partial charge on any atom is -0.462 e. The molecule has 0 aliphatic carbocycles. The SMILES string of the molecule is CCOC(=O)c1c[nH]c2cc(Br)c(Oc3ccccc3Cl)cc2c1=O. The lowest BCUT2D eigenvalue weighted by molar-refractivity contribution is 0.0524. The summed E-state index contributed by atoms with van der Waals surface area (Å²) in [6.07, 6.45) is 1.35. The molecule has 25 heavy (non-hydrogen) atoms. The topological polar surface area (TPSA) is 68.4 Å². The van der Waals surface area contributed by atoms with Gasteiger partial charge in [-0.25, -0.2) is 4.79 Å². The number of ether oxygens (including phenoxy) is 2. The molecular weight excluding hydrogens is 410 g/mol. The quantitative estimate of drug-likeness (QED) is 0.606. The van der Waals surface area contributed by atoms with Gasteiger partial charge in [-0.15, -0.1) is 0 Å². The summed E-state index contributed by atoms with van der Waals surface area (Å²) >= 11 is 9.52. The van der Waals surface area contributed by atoms with Gasteiger partial charge in [0.05, 0.1) is 27.0 Å². The summed E-state index contributed by atoms with van der Waals surface area (Å²) in [4.78, 5) is 27.4. The first-order valence-corrected chi connectivity index (χ1v) is 8.62. The number of hydrogen-bond donors (Lipinski definition) is 1. The number of aromatic nitrogens is 1. The molecule has 7 heteroatoms. The fraction of sp³-hybridized carbons (Fsp3) is 0.111. The van der Waals surface area contributed by atoms with E-state index in [1.807, 2.05) is 0 Å². The molecule has 1 aromatic heterocycles. The van der Waals surface area contributed by atoms with E-state index in [4.69, 9.17) is 21.1 Å². The summed E-state index contributed by atoms with van der Waals surface area (Å²) in [6, 6.07) is 10.3. The van der Waals surface area contributed by atoms with Crippen molar-refractivity contribution in [2.24, 2.45) is 0 Å². The van der Waals surface area contributed by atoms with Crippen molar-refractivity contribution >= 4 is 44.4 Å². The van der Waals surface area contributed by atoms with E-state index < -0.39 is 11.4 Å². The van der Waals surface area contributed by atoms with Gasteiger partial charge in [-0.3, -0.25) is 4.79 Å². The second kappa shape index (κ2) is 7.29.